The van der Waals surface area contributed by atoms with Gasteiger partial charge in [-0.15, -0.1) is 0 Å². The third kappa shape index (κ3) is 5.16. The Kier molecular flexibility index (Phi) is 6.23. The van der Waals surface area contributed by atoms with E-state index in [1.165, 1.54) is 25.7 Å². The lowest BCUT2D eigenvalue weighted by atomic mass is 10.1. The second-order valence-electron chi connectivity index (χ2n) is 6.24. The highest BCUT2D eigenvalue weighted by molar-refractivity contribution is 5.81. The number of amides is 1. The van der Waals surface area contributed by atoms with Gasteiger partial charge in [0.2, 0.25) is 5.91 Å². The minimum absolute atomic E-state index is 0.0106. The van der Waals surface area contributed by atoms with Gasteiger partial charge in [-0.3, -0.25) is 9.69 Å². The minimum Gasteiger partial charge on any atom is -0.354 e. The van der Waals surface area contributed by atoms with Crippen LogP contribution in [-0.4, -0.2) is 46.0 Å². The van der Waals surface area contributed by atoms with Crippen LogP contribution >= 0.6 is 0 Å². The number of imidazole rings is 1. The molecule has 1 aliphatic heterocycles. The summed E-state index contributed by atoms with van der Waals surface area (Å²) >= 11 is 0. The molecule has 1 saturated heterocycles. The van der Waals surface area contributed by atoms with E-state index >= 15 is 0 Å². The molecule has 1 N–H and O–H groups in total. The number of hydrogen-bond acceptors (Lipinski definition) is 3. The molecule has 1 aliphatic rings. The zero-order valence-corrected chi connectivity index (χ0v) is 13.3. The van der Waals surface area contributed by atoms with Gasteiger partial charge in [-0.2, -0.15) is 0 Å². The van der Waals surface area contributed by atoms with Gasteiger partial charge < -0.3 is 9.88 Å². The molecule has 2 heterocycles. The molecule has 1 aromatic rings. The van der Waals surface area contributed by atoms with Crippen molar-refractivity contribution in [2.75, 3.05) is 19.6 Å². The fraction of sp³-hybridized carbons (Fsp3) is 0.750. The molecular formula is C16H28N4O. The molecule has 0 aromatic carbocycles. The van der Waals surface area contributed by atoms with E-state index in [9.17, 15) is 4.79 Å². The van der Waals surface area contributed by atoms with Gasteiger partial charge in [-0.25, -0.2) is 4.98 Å². The number of nitrogens with one attached hydrogen (secondary N) is 1. The molecule has 118 valence electrons. The van der Waals surface area contributed by atoms with Gasteiger partial charge in [0.25, 0.3) is 0 Å². The monoisotopic (exact) mass is 292 g/mol. The molecule has 0 saturated carbocycles. The summed E-state index contributed by atoms with van der Waals surface area (Å²) in [7, 11) is 0. The molecule has 0 bridgehead atoms. The third-order valence-electron chi connectivity index (χ3n) is 4.27. The lowest BCUT2D eigenvalue weighted by Crippen LogP contribution is -2.46. The quantitative estimate of drug-likeness (QED) is 0.871. The van der Waals surface area contributed by atoms with Crippen molar-refractivity contribution in [1.29, 1.82) is 0 Å². The SMILES string of the molecule is C[C@@H](CNC(=O)[C@H](C)N1CCCCCC1)Cn1ccnc1. The summed E-state index contributed by atoms with van der Waals surface area (Å²) in [5.74, 6) is 0.564. The van der Waals surface area contributed by atoms with Crippen LogP contribution < -0.4 is 5.32 Å². The van der Waals surface area contributed by atoms with Crippen LogP contribution in [-0.2, 0) is 11.3 Å². The summed E-state index contributed by atoms with van der Waals surface area (Å²) in [4.78, 5) is 18.6. The van der Waals surface area contributed by atoms with Crippen LogP contribution in [0.1, 0.15) is 39.5 Å². The third-order valence-corrected chi connectivity index (χ3v) is 4.27. The molecule has 2 rings (SSSR count). The summed E-state index contributed by atoms with van der Waals surface area (Å²) in [5, 5.41) is 3.10. The number of aromatic nitrogens is 2. The number of rotatable bonds is 6. The maximum absolute atomic E-state index is 12.3. The first-order valence-electron chi connectivity index (χ1n) is 8.14. The molecule has 21 heavy (non-hydrogen) atoms. The lowest BCUT2D eigenvalue weighted by molar-refractivity contribution is -0.126. The minimum atomic E-state index is -0.0106. The Morgan fingerprint density at radius 2 is 1.95 bits per heavy atom. The van der Waals surface area contributed by atoms with E-state index in [1.54, 1.807) is 6.20 Å². The Balaban J connectivity index is 1.72. The van der Waals surface area contributed by atoms with Crippen molar-refractivity contribution in [1.82, 2.24) is 19.8 Å². The molecule has 1 amide bonds. The van der Waals surface area contributed by atoms with Gasteiger partial charge in [0.1, 0.15) is 0 Å². The average Bonchev–Trinajstić information content (AvgIpc) is 2.83. The highest BCUT2D eigenvalue weighted by atomic mass is 16.2. The van der Waals surface area contributed by atoms with Gasteiger partial charge >= 0.3 is 0 Å². The van der Waals surface area contributed by atoms with E-state index in [4.69, 9.17) is 0 Å². The zero-order valence-electron chi connectivity index (χ0n) is 13.3. The van der Waals surface area contributed by atoms with Crippen molar-refractivity contribution in [2.24, 2.45) is 5.92 Å². The zero-order chi connectivity index (χ0) is 15.1. The van der Waals surface area contributed by atoms with Crippen molar-refractivity contribution < 1.29 is 4.79 Å². The van der Waals surface area contributed by atoms with E-state index < -0.39 is 0 Å². The van der Waals surface area contributed by atoms with Gasteiger partial charge in [-0.05, 0) is 38.8 Å². The van der Waals surface area contributed by atoms with E-state index in [0.29, 0.717) is 5.92 Å². The molecule has 1 fully saturated rings. The van der Waals surface area contributed by atoms with Gasteiger partial charge in [0.05, 0.1) is 12.4 Å². The summed E-state index contributed by atoms with van der Waals surface area (Å²) in [6.07, 6.45) is 10.6. The smallest absolute Gasteiger partial charge is 0.237 e. The Labute approximate surface area is 127 Å². The van der Waals surface area contributed by atoms with E-state index in [-0.39, 0.29) is 11.9 Å². The number of hydrogen-bond donors (Lipinski definition) is 1. The second-order valence-corrected chi connectivity index (χ2v) is 6.24. The normalized spacial score (nSPS) is 19.7. The lowest BCUT2D eigenvalue weighted by Gasteiger charge is -2.27. The van der Waals surface area contributed by atoms with Crippen LogP contribution in [0.3, 0.4) is 0 Å². The fourth-order valence-corrected chi connectivity index (χ4v) is 2.89. The summed E-state index contributed by atoms with van der Waals surface area (Å²) in [6, 6.07) is -0.0106. The van der Waals surface area contributed by atoms with Crippen LogP contribution in [0.15, 0.2) is 18.7 Å². The van der Waals surface area contributed by atoms with E-state index in [2.05, 4.69) is 26.7 Å². The predicted octanol–water partition coefficient (Wildman–Crippen LogP) is 1.90. The number of carbonyl (C=O) groups excluding carboxylic acids is 1. The van der Waals surface area contributed by atoms with Crippen molar-refractivity contribution in [3.8, 4) is 0 Å². The topological polar surface area (TPSA) is 50.2 Å². The van der Waals surface area contributed by atoms with Gasteiger partial charge in [0.15, 0.2) is 0 Å². The molecule has 5 heteroatoms. The molecule has 5 nitrogen and oxygen atoms in total. The standard InChI is InChI=1S/C16H28N4O/c1-14(12-19-10-7-17-13-19)11-18-16(21)15(2)20-8-5-3-4-6-9-20/h7,10,13-15H,3-6,8-9,11-12H2,1-2H3,(H,18,21)/t14-,15-/m0/s1. The number of likely N-dealkylation sites (tertiary alicyclic amines) is 1. The molecule has 0 radical (unpaired) electrons. The van der Waals surface area contributed by atoms with Gasteiger partial charge in [-0.1, -0.05) is 19.8 Å². The van der Waals surface area contributed by atoms with Gasteiger partial charge in [0, 0.05) is 25.5 Å². The number of carbonyl (C=O) groups is 1. The van der Waals surface area contributed by atoms with Crippen LogP contribution in [0.4, 0.5) is 0 Å². The average molecular weight is 292 g/mol. The molecule has 0 unspecified atom stereocenters. The highest BCUT2D eigenvalue weighted by Gasteiger charge is 2.22. The Morgan fingerprint density at radius 3 is 2.57 bits per heavy atom. The summed E-state index contributed by atoms with van der Waals surface area (Å²) < 4.78 is 2.05. The van der Waals surface area contributed by atoms with Crippen LogP contribution in [0.5, 0.6) is 0 Å². The van der Waals surface area contributed by atoms with Crippen LogP contribution in [0, 0.1) is 5.92 Å². The van der Waals surface area contributed by atoms with Crippen molar-refractivity contribution in [2.45, 2.75) is 52.1 Å². The predicted molar refractivity (Wildman–Crippen MR) is 83.9 cm³/mol. The fourth-order valence-electron chi connectivity index (χ4n) is 2.89. The first-order chi connectivity index (χ1) is 10.2. The van der Waals surface area contributed by atoms with Crippen molar-refractivity contribution >= 4 is 5.91 Å². The molecule has 2 atom stereocenters. The first kappa shape index (κ1) is 16.0. The number of nitrogens with zero attached hydrogens (tertiary/aromatic N) is 3. The largest absolute Gasteiger partial charge is 0.354 e. The molecular weight excluding hydrogens is 264 g/mol. The van der Waals surface area contributed by atoms with Crippen molar-refractivity contribution in [3.63, 3.8) is 0 Å². The van der Waals surface area contributed by atoms with Crippen LogP contribution in [0.2, 0.25) is 0 Å². The summed E-state index contributed by atoms with van der Waals surface area (Å²) in [6.45, 7) is 7.89. The Hall–Kier alpha value is -1.36. The Bertz CT molecular complexity index is 410. The maximum atomic E-state index is 12.3. The van der Waals surface area contributed by atoms with E-state index in [1.807, 2.05) is 19.4 Å². The maximum Gasteiger partial charge on any atom is 0.237 e. The second kappa shape index (κ2) is 8.17. The molecule has 1 aromatic heterocycles. The van der Waals surface area contributed by atoms with Crippen molar-refractivity contribution in [3.05, 3.63) is 18.7 Å². The Morgan fingerprint density at radius 1 is 1.24 bits per heavy atom. The first-order valence-corrected chi connectivity index (χ1v) is 8.14. The van der Waals surface area contributed by atoms with Crippen LogP contribution in [0.25, 0.3) is 0 Å². The highest BCUT2D eigenvalue weighted by Crippen LogP contribution is 2.12. The summed E-state index contributed by atoms with van der Waals surface area (Å²) in [5.41, 5.74) is 0. The van der Waals surface area contributed by atoms with E-state index in [0.717, 1.165) is 26.2 Å². The molecule has 0 spiro atoms. The molecule has 0 aliphatic carbocycles.